The van der Waals surface area contributed by atoms with Crippen LogP contribution in [0.5, 0.6) is 23.0 Å². The molecule has 1 heterocycles. The first-order chi connectivity index (χ1) is 13.5. The molecule has 152 valence electrons. The lowest BCUT2D eigenvalue weighted by molar-refractivity contribution is 0.354. The van der Waals surface area contributed by atoms with Gasteiger partial charge < -0.3 is 24.2 Å². The van der Waals surface area contributed by atoms with Gasteiger partial charge in [-0.3, -0.25) is 0 Å². The number of phenols is 1. The number of aromatic hydroxyl groups is 1. The Morgan fingerprint density at radius 2 is 1.64 bits per heavy atom. The van der Waals surface area contributed by atoms with Gasteiger partial charge in [-0.25, -0.2) is 0 Å². The molecule has 0 aromatic heterocycles. The lowest BCUT2D eigenvalue weighted by atomic mass is 9.88. The number of hydrogen-bond acceptors (Lipinski definition) is 6. The van der Waals surface area contributed by atoms with E-state index in [4.69, 9.17) is 14.2 Å². The highest BCUT2D eigenvalue weighted by atomic mass is 32.2. The molecule has 0 saturated carbocycles. The SMILES string of the molecule is COc1cc2c(cc1O)[C@@H](CSC)Cc1cc(OC)c(OC)cc1N(C)CC2. The zero-order valence-electron chi connectivity index (χ0n) is 17.2. The normalized spacial score (nSPS) is 16.3. The first kappa shape index (κ1) is 20.5. The van der Waals surface area contributed by atoms with Crippen molar-refractivity contribution in [2.24, 2.45) is 0 Å². The summed E-state index contributed by atoms with van der Waals surface area (Å²) in [5.74, 6) is 3.47. The molecular weight excluding hydrogens is 374 g/mol. The second kappa shape index (κ2) is 8.86. The van der Waals surface area contributed by atoms with Crippen LogP contribution in [0.1, 0.15) is 22.6 Å². The Balaban J connectivity index is 2.14. The van der Waals surface area contributed by atoms with E-state index in [2.05, 4.69) is 30.3 Å². The van der Waals surface area contributed by atoms with Crippen LogP contribution in [0.2, 0.25) is 0 Å². The number of thioether (sulfide) groups is 1. The van der Waals surface area contributed by atoms with E-state index in [-0.39, 0.29) is 11.7 Å². The van der Waals surface area contributed by atoms with Crippen LogP contribution in [0, 0.1) is 0 Å². The summed E-state index contributed by atoms with van der Waals surface area (Å²) in [6.45, 7) is 0.857. The molecule has 0 bridgehead atoms. The Morgan fingerprint density at radius 1 is 1.00 bits per heavy atom. The molecule has 0 fully saturated rings. The number of anilines is 1. The summed E-state index contributed by atoms with van der Waals surface area (Å²) in [7, 11) is 7.04. The van der Waals surface area contributed by atoms with Crippen LogP contribution in [0.4, 0.5) is 5.69 Å². The Labute approximate surface area is 171 Å². The van der Waals surface area contributed by atoms with E-state index in [0.29, 0.717) is 5.75 Å². The van der Waals surface area contributed by atoms with Gasteiger partial charge in [0.15, 0.2) is 23.0 Å². The smallest absolute Gasteiger partial charge is 0.162 e. The Hall–Kier alpha value is -2.21. The Kier molecular flexibility index (Phi) is 6.50. The van der Waals surface area contributed by atoms with Gasteiger partial charge in [-0.1, -0.05) is 0 Å². The van der Waals surface area contributed by atoms with Crippen LogP contribution in [0.3, 0.4) is 0 Å². The number of likely N-dealkylation sites (N-methyl/N-ethyl adjacent to an activating group) is 1. The van der Waals surface area contributed by atoms with Gasteiger partial charge in [0.2, 0.25) is 0 Å². The summed E-state index contributed by atoms with van der Waals surface area (Å²) in [6.07, 6.45) is 3.86. The molecule has 0 unspecified atom stereocenters. The van der Waals surface area contributed by atoms with Crippen LogP contribution in [0.15, 0.2) is 24.3 Å². The van der Waals surface area contributed by atoms with Crippen molar-refractivity contribution in [2.45, 2.75) is 18.8 Å². The van der Waals surface area contributed by atoms with E-state index in [1.165, 1.54) is 16.7 Å². The standard InChI is InChI=1S/C22H29NO4S/c1-23-7-6-14-9-20(25-2)19(24)11-17(14)16(13-28-5)8-15-10-21(26-3)22(27-4)12-18(15)23/h9-12,16,24H,6-8,13H2,1-5H3/t16-/m1/s1. The predicted molar refractivity (Wildman–Crippen MR) is 116 cm³/mol. The van der Waals surface area contributed by atoms with E-state index in [9.17, 15) is 5.11 Å². The number of phenolic OH excluding ortho intramolecular Hbond substituents is 1. The summed E-state index contributed by atoms with van der Waals surface area (Å²) in [4.78, 5) is 2.27. The number of ether oxygens (including phenoxy) is 3. The summed E-state index contributed by atoms with van der Waals surface area (Å²) >= 11 is 1.82. The number of rotatable bonds is 5. The zero-order valence-corrected chi connectivity index (χ0v) is 18.1. The van der Waals surface area contributed by atoms with Gasteiger partial charge in [0.05, 0.1) is 21.3 Å². The average molecular weight is 404 g/mol. The fourth-order valence-corrected chi connectivity index (χ4v) is 4.65. The average Bonchev–Trinajstić information content (AvgIpc) is 2.75. The number of hydrogen-bond donors (Lipinski definition) is 1. The van der Waals surface area contributed by atoms with Crippen LogP contribution < -0.4 is 19.1 Å². The van der Waals surface area contributed by atoms with E-state index in [1.807, 2.05) is 23.9 Å². The van der Waals surface area contributed by atoms with Gasteiger partial charge >= 0.3 is 0 Å². The van der Waals surface area contributed by atoms with Crippen molar-refractivity contribution in [1.82, 2.24) is 0 Å². The molecule has 1 aliphatic heterocycles. The maximum atomic E-state index is 10.4. The van der Waals surface area contributed by atoms with Crippen LogP contribution >= 0.6 is 11.8 Å². The lowest BCUT2D eigenvalue weighted by Crippen LogP contribution is -2.21. The topological polar surface area (TPSA) is 51.2 Å². The maximum Gasteiger partial charge on any atom is 0.162 e. The molecule has 1 N–H and O–H groups in total. The van der Waals surface area contributed by atoms with E-state index < -0.39 is 0 Å². The molecule has 5 nitrogen and oxygen atoms in total. The minimum Gasteiger partial charge on any atom is -0.504 e. The maximum absolute atomic E-state index is 10.4. The van der Waals surface area contributed by atoms with E-state index in [0.717, 1.165) is 42.3 Å². The summed E-state index contributed by atoms with van der Waals surface area (Å²) in [5, 5.41) is 10.4. The molecule has 2 aromatic rings. The second-order valence-corrected chi connectivity index (χ2v) is 8.00. The largest absolute Gasteiger partial charge is 0.504 e. The third-order valence-electron chi connectivity index (χ3n) is 5.43. The van der Waals surface area contributed by atoms with Crippen molar-refractivity contribution >= 4 is 17.4 Å². The van der Waals surface area contributed by atoms with Crippen LogP contribution in [-0.2, 0) is 12.8 Å². The molecule has 0 aliphatic carbocycles. The van der Waals surface area contributed by atoms with Crippen LogP contribution in [-0.4, -0.2) is 52.0 Å². The third kappa shape index (κ3) is 3.97. The van der Waals surface area contributed by atoms with Gasteiger partial charge in [0.1, 0.15) is 0 Å². The molecular formula is C22H29NO4S. The fraction of sp³-hybridized carbons (Fsp3) is 0.455. The van der Waals surface area contributed by atoms with Gasteiger partial charge in [-0.05, 0) is 59.9 Å². The quantitative estimate of drug-likeness (QED) is 0.811. The highest BCUT2D eigenvalue weighted by molar-refractivity contribution is 7.98. The minimum atomic E-state index is 0.201. The van der Waals surface area contributed by atoms with Crippen LogP contribution in [0.25, 0.3) is 0 Å². The van der Waals surface area contributed by atoms with Crippen molar-refractivity contribution in [1.29, 1.82) is 0 Å². The zero-order chi connectivity index (χ0) is 20.3. The number of fused-ring (bicyclic) bond motifs is 2. The highest BCUT2D eigenvalue weighted by Crippen LogP contribution is 2.41. The lowest BCUT2D eigenvalue weighted by Gasteiger charge is -2.24. The fourth-order valence-electron chi connectivity index (χ4n) is 3.95. The van der Waals surface area contributed by atoms with E-state index in [1.54, 1.807) is 21.3 Å². The summed E-state index contributed by atoms with van der Waals surface area (Å²) < 4.78 is 16.4. The van der Waals surface area contributed by atoms with Gasteiger partial charge in [0, 0.05) is 31.1 Å². The second-order valence-electron chi connectivity index (χ2n) is 7.09. The van der Waals surface area contributed by atoms with Gasteiger partial charge in [0.25, 0.3) is 0 Å². The molecule has 0 radical (unpaired) electrons. The number of benzene rings is 2. The minimum absolute atomic E-state index is 0.201. The predicted octanol–water partition coefficient (Wildman–Crippen LogP) is 4.10. The van der Waals surface area contributed by atoms with Crippen molar-refractivity contribution in [3.8, 4) is 23.0 Å². The molecule has 6 heteroatoms. The van der Waals surface area contributed by atoms with Crippen molar-refractivity contribution in [2.75, 3.05) is 51.8 Å². The third-order valence-corrected chi connectivity index (χ3v) is 6.16. The molecule has 0 amide bonds. The number of nitrogens with zero attached hydrogens (tertiary/aromatic N) is 1. The Bertz CT molecular complexity index is 840. The summed E-state index contributed by atoms with van der Waals surface area (Å²) in [6, 6.07) is 8.04. The molecule has 1 atom stereocenters. The van der Waals surface area contributed by atoms with E-state index >= 15 is 0 Å². The molecule has 2 aromatic carbocycles. The van der Waals surface area contributed by atoms with Crippen molar-refractivity contribution in [3.63, 3.8) is 0 Å². The molecule has 0 saturated heterocycles. The number of methoxy groups -OCH3 is 3. The van der Waals surface area contributed by atoms with Crippen molar-refractivity contribution in [3.05, 3.63) is 41.0 Å². The Morgan fingerprint density at radius 3 is 2.29 bits per heavy atom. The monoisotopic (exact) mass is 403 g/mol. The van der Waals surface area contributed by atoms with Crippen molar-refractivity contribution < 1.29 is 19.3 Å². The molecule has 0 spiro atoms. The molecule has 3 rings (SSSR count). The first-order valence-electron chi connectivity index (χ1n) is 9.37. The van der Waals surface area contributed by atoms with Gasteiger partial charge in [-0.2, -0.15) is 11.8 Å². The van der Waals surface area contributed by atoms with Gasteiger partial charge in [-0.15, -0.1) is 0 Å². The summed E-state index contributed by atoms with van der Waals surface area (Å²) in [5.41, 5.74) is 4.81. The first-order valence-corrected chi connectivity index (χ1v) is 10.8. The molecule has 1 aliphatic rings. The highest BCUT2D eigenvalue weighted by Gasteiger charge is 2.24. The molecule has 28 heavy (non-hydrogen) atoms.